The molecule has 0 aromatic carbocycles. The first-order valence-electron chi connectivity index (χ1n) is 4.54. The standard InChI is InChI=1S/C10H17N3/c1-4-5-9(2)11-6-10-7-12-13(3)8-10/h4,7-9,11H,1,5-6H2,2-3H3. The van der Waals surface area contributed by atoms with Crippen molar-refractivity contribution in [3.63, 3.8) is 0 Å². The Hall–Kier alpha value is -1.09. The molecule has 3 nitrogen and oxygen atoms in total. The number of nitrogens with one attached hydrogen (secondary N) is 1. The molecule has 1 atom stereocenters. The van der Waals surface area contributed by atoms with Crippen molar-refractivity contribution in [1.29, 1.82) is 0 Å². The van der Waals surface area contributed by atoms with E-state index >= 15 is 0 Å². The molecule has 0 saturated carbocycles. The van der Waals surface area contributed by atoms with E-state index in [-0.39, 0.29) is 0 Å². The van der Waals surface area contributed by atoms with Crippen LogP contribution in [0.25, 0.3) is 0 Å². The summed E-state index contributed by atoms with van der Waals surface area (Å²) < 4.78 is 1.81. The number of rotatable bonds is 5. The van der Waals surface area contributed by atoms with Crippen molar-refractivity contribution in [2.45, 2.75) is 25.9 Å². The van der Waals surface area contributed by atoms with Crippen LogP contribution in [-0.4, -0.2) is 15.8 Å². The van der Waals surface area contributed by atoms with E-state index in [1.807, 2.05) is 30.2 Å². The van der Waals surface area contributed by atoms with Crippen molar-refractivity contribution < 1.29 is 0 Å². The Morgan fingerprint density at radius 2 is 2.54 bits per heavy atom. The lowest BCUT2D eigenvalue weighted by Crippen LogP contribution is -2.24. The molecule has 3 heteroatoms. The number of nitrogens with zero attached hydrogens (tertiary/aromatic N) is 2. The van der Waals surface area contributed by atoms with Gasteiger partial charge in [0, 0.05) is 31.4 Å². The fraction of sp³-hybridized carbons (Fsp3) is 0.500. The number of aryl methyl sites for hydroxylation is 1. The molecule has 13 heavy (non-hydrogen) atoms. The number of hydrogen-bond acceptors (Lipinski definition) is 2. The third kappa shape index (κ3) is 3.42. The second-order valence-electron chi connectivity index (χ2n) is 3.33. The van der Waals surface area contributed by atoms with E-state index in [1.54, 1.807) is 0 Å². The van der Waals surface area contributed by atoms with Crippen molar-refractivity contribution >= 4 is 0 Å². The van der Waals surface area contributed by atoms with Gasteiger partial charge in [-0.15, -0.1) is 6.58 Å². The molecule has 1 aromatic heterocycles. The molecule has 0 spiro atoms. The van der Waals surface area contributed by atoms with Gasteiger partial charge in [0.15, 0.2) is 0 Å². The predicted octanol–water partition coefficient (Wildman–Crippen LogP) is 1.47. The first-order chi connectivity index (χ1) is 6.22. The molecule has 0 aliphatic rings. The zero-order valence-electron chi connectivity index (χ0n) is 8.33. The SMILES string of the molecule is C=CCC(C)NCc1cnn(C)c1. The first kappa shape index (κ1) is 9.99. The van der Waals surface area contributed by atoms with Crippen LogP contribution in [0.15, 0.2) is 25.0 Å². The van der Waals surface area contributed by atoms with Gasteiger partial charge < -0.3 is 5.32 Å². The molecule has 1 N–H and O–H groups in total. The zero-order valence-corrected chi connectivity index (χ0v) is 8.33. The molecule has 0 saturated heterocycles. The van der Waals surface area contributed by atoms with E-state index in [1.165, 1.54) is 5.56 Å². The highest BCUT2D eigenvalue weighted by molar-refractivity contribution is 5.03. The molecule has 1 aromatic rings. The molecule has 0 aliphatic carbocycles. The van der Waals surface area contributed by atoms with E-state index in [4.69, 9.17) is 0 Å². The number of aromatic nitrogens is 2. The molecular formula is C10H17N3. The second-order valence-corrected chi connectivity index (χ2v) is 3.33. The van der Waals surface area contributed by atoms with Crippen LogP contribution in [0.5, 0.6) is 0 Å². The van der Waals surface area contributed by atoms with Gasteiger partial charge in [-0.3, -0.25) is 4.68 Å². The van der Waals surface area contributed by atoms with E-state index in [0.29, 0.717) is 6.04 Å². The molecule has 0 aliphatic heterocycles. The summed E-state index contributed by atoms with van der Waals surface area (Å²) in [4.78, 5) is 0. The summed E-state index contributed by atoms with van der Waals surface area (Å²) in [5.74, 6) is 0. The van der Waals surface area contributed by atoms with E-state index < -0.39 is 0 Å². The Kier molecular flexibility index (Phi) is 3.71. The molecule has 0 amide bonds. The Balaban J connectivity index is 2.30. The van der Waals surface area contributed by atoms with Crippen LogP contribution in [0.3, 0.4) is 0 Å². The minimum absolute atomic E-state index is 0.484. The van der Waals surface area contributed by atoms with Crippen molar-refractivity contribution in [2.75, 3.05) is 0 Å². The maximum absolute atomic E-state index is 4.10. The lowest BCUT2D eigenvalue weighted by Gasteiger charge is -2.09. The van der Waals surface area contributed by atoms with Gasteiger partial charge >= 0.3 is 0 Å². The maximum Gasteiger partial charge on any atom is 0.0534 e. The Bertz CT molecular complexity index is 265. The van der Waals surface area contributed by atoms with Crippen LogP contribution in [0.2, 0.25) is 0 Å². The van der Waals surface area contributed by atoms with Crippen molar-refractivity contribution in [1.82, 2.24) is 15.1 Å². The van der Waals surface area contributed by atoms with E-state index in [0.717, 1.165) is 13.0 Å². The third-order valence-electron chi connectivity index (χ3n) is 1.93. The van der Waals surface area contributed by atoms with Gasteiger partial charge in [0.25, 0.3) is 0 Å². The predicted molar refractivity (Wildman–Crippen MR) is 54.3 cm³/mol. The van der Waals surface area contributed by atoms with Crippen molar-refractivity contribution in [3.05, 3.63) is 30.6 Å². The average Bonchev–Trinajstić information content (AvgIpc) is 2.49. The minimum atomic E-state index is 0.484. The van der Waals surface area contributed by atoms with Crippen LogP contribution in [0.1, 0.15) is 18.9 Å². The summed E-state index contributed by atoms with van der Waals surface area (Å²) in [7, 11) is 1.93. The van der Waals surface area contributed by atoms with Crippen molar-refractivity contribution in [2.24, 2.45) is 7.05 Å². The molecular weight excluding hydrogens is 162 g/mol. The van der Waals surface area contributed by atoms with Gasteiger partial charge in [-0.1, -0.05) is 6.08 Å². The Morgan fingerprint density at radius 1 is 1.77 bits per heavy atom. The highest BCUT2D eigenvalue weighted by Crippen LogP contribution is 1.98. The quantitative estimate of drug-likeness (QED) is 0.694. The Morgan fingerprint density at radius 3 is 3.08 bits per heavy atom. The van der Waals surface area contributed by atoms with Gasteiger partial charge in [0.1, 0.15) is 0 Å². The van der Waals surface area contributed by atoms with Crippen LogP contribution in [-0.2, 0) is 13.6 Å². The van der Waals surface area contributed by atoms with Crippen LogP contribution in [0, 0.1) is 0 Å². The highest BCUT2D eigenvalue weighted by atomic mass is 15.2. The summed E-state index contributed by atoms with van der Waals surface area (Å²) in [5.41, 5.74) is 1.22. The lowest BCUT2D eigenvalue weighted by molar-refractivity contribution is 0.553. The molecule has 1 heterocycles. The largest absolute Gasteiger partial charge is 0.310 e. The summed E-state index contributed by atoms with van der Waals surface area (Å²) in [6, 6.07) is 0.484. The minimum Gasteiger partial charge on any atom is -0.310 e. The van der Waals surface area contributed by atoms with Crippen LogP contribution >= 0.6 is 0 Å². The zero-order chi connectivity index (χ0) is 9.68. The van der Waals surface area contributed by atoms with Crippen molar-refractivity contribution in [3.8, 4) is 0 Å². The molecule has 0 radical (unpaired) electrons. The second kappa shape index (κ2) is 4.82. The maximum atomic E-state index is 4.10. The average molecular weight is 179 g/mol. The summed E-state index contributed by atoms with van der Waals surface area (Å²) in [6.45, 7) is 6.73. The number of hydrogen-bond donors (Lipinski definition) is 1. The fourth-order valence-electron chi connectivity index (χ4n) is 1.19. The van der Waals surface area contributed by atoms with Gasteiger partial charge in [0.05, 0.1) is 6.20 Å². The monoisotopic (exact) mass is 179 g/mol. The van der Waals surface area contributed by atoms with Crippen LogP contribution < -0.4 is 5.32 Å². The van der Waals surface area contributed by atoms with Gasteiger partial charge in [-0.25, -0.2) is 0 Å². The summed E-state index contributed by atoms with van der Waals surface area (Å²) >= 11 is 0. The van der Waals surface area contributed by atoms with E-state index in [2.05, 4.69) is 23.9 Å². The molecule has 0 bridgehead atoms. The molecule has 72 valence electrons. The first-order valence-corrected chi connectivity index (χ1v) is 4.54. The molecule has 0 fully saturated rings. The van der Waals surface area contributed by atoms with E-state index in [9.17, 15) is 0 Å². The summed E-state index contributed by atoms with van der Waals surface area (Å²) in [6.07, 6.45) is 6.84. The fourth-order valence-corrected chi connectivity index (χ4v) is 1.19. The van der Waals surface area contributed by atoms with Gasteiger partial charge in [-0.2, -0.15) is 5.10 Å². The highest BCUT2D eigenvalue weighted by Gasteiger charge is 1.99. The molecule has 1 unspecified atom stereocenters. The topological polar surface area (TPSA) is 29.9 Å². The van der Waals surface area contributed by atoms with Crippen LogP contribution in [0.4, 0.5) is 0 Å². The summed E-state index contributed by atoms with van der Waals surface area (Å²) in [5, 5.41) is 7.49. The Labute approximate surface area is 79.5 Å². The van der Waals surface area contributed by atoms with Gasteiger partial charge in [0.2, 0.25) is 0 Å². The normalized spacial score (nSPS) is 12.8. The third-order valence-corrected chi connectivity index (χ3v) is 1.93. The molecule has 1 rings (SSSR count). The smallest absolute Gasteiger partial charge is 0.0534 e. The van der Waals surface area contributed by atoms with Gasteiger partial charge in [-0.05, 0) is 13.3 Å². The lowest BCUT2D eigenvalue weighted by atomic mass is 10.2.